The molecule has 0 radical (unpaired) electrons. The van der Waals surface area contributed by atoms with Crippen LogP contribution in [0.25, 0.3) is 11.1 Å². The smallest absolute Gasteiger partial charge is 0.139 e. The molecule has 0 spiro atoms. The first kappa shape index (κ1) is 16.2. The molecule has 2 N–H and O–H groups in total. The summed E-state index contributed by atoms with van der Waals surface area (Å²) in [5, 5.41) is 1.17. The number of hydrogen-bond donors (Lipinski definition) is 1. The number of nitrogens with two attached hydrogens (primary N) is 1. The van der Waals surface area contributed by atoms with E-state index in [4.69, 9.17) is 33.7 Å². The van der Waals surface area contributed by atoms with Crippen molar-refractivity contribution >= 4 is 23.2 Å². The summed E-state index contributed by atoms with van der Waals surface area (Å²) in [7, 11) is 0. The lowest BCUT2D eigenvalue weighted by Gasteiger charge is -2.13. The van der Waals surface area contributed by atoms with Gasteiger partial charge >= 0.3 is 0 Å². The van der Waals surface area contributed by atoms with Crippen molar-refractivity contribution in [1.82, 2.24) is 0 Å². The van der Waals surface area contributed by atoms with Gasteiger partial charge in [-0.1, -0.05) is 48.3 Å². The Hall–Kier alpha value is -1.22. The molecule has 0 aromatic heterocycles. The molecule has 0 heterocycles. The zero-order valence-electron chi connectivity index (χ0n) is 12.2. The predicted molar refractivity (Wildman–Crippen MR) is 90.3 cm³/mol. The van der Waals surface area contributed by atoms with Crippen LogP contribution < -0.4 is 10.5 Å². The highest BCUT2D eigenvalue weighted by Gasteiger charge is 2.11. The number of rotatable bonds is 5. The maximum Gasteiger partial charge on any atom is 0.139 e. The number of hydrogen-bond acceptors (Lipinski definition) is 2. The van der Waals surface area contributed by atoms with Crippen LogP contribution in [-0.2, 0) is 0 Å². The molecule has 0 aliphatic rings. The van der Waals surface area contributed by atoms with Crippen LogP contribution >= 0.6 is 23.2 Å². The van der Waals surface area contributed by atoms with Crippen molar-refractivity contribution in [3.8, 4) is 16.9 Å². The third kappa shape index (κ3) is 3.70. The molecule has 0 fully saturated rings. The van der Waals surface area contributed by atoms with Crippen LogP contribution in [0, 0.1) is 0 Å². The van der Waals surface area contributed by atoms with Crippen molar-refractivity contribution in [2.75, 3.05) is 6.61 Å². The molecule has 4 heteroatoms. The van der Waals surface area contributed by atoms with Gasteiger partial charge in [-0.2, -0.15) is 0 Å². The molecule has 0 aliphatic heterocycles. The highest BCUT2D eigenvalue weighted by molar-refractivity contribution is 6.36. The summed E-state index contributed by atoms with van der Waals surface area (Å²) >= 11 is 12.6. The van der Waals surface area contributed by atoms with Crippen molar-refractivity contribution < 1.29 is 4.74 Å². The maximum absolute atomic E-state index is 6.37. The zero-order valence-corrected chi connectivity index (χ0v) is 13.7. The van der Waals surface area contributed by atoms with Crippen molar-refractivity contribution in [3.63, 3.8) is 0 Å². The fraction of sp³-hybridized carbons (Fsp3) is 0.294. The van der Waals surface area contributed by atoms with E-state index in [-0.39, 0.29) is 6.04 Å². The zero-order chi connectivity index (χ0) is 15.4. The van der Waals surface area contributed by atoms with E-state index in [1.165, 1.54) is 0 Å². The lowest BCUT2D eigenvalue weighted by Crippen LogP contribution is -2.08. The Balaban J connectivity index is 2.44. The van der Waals surface area contributed by atoms with Crippen molar-refractivity contribution in [3.05, 3.63) is 52.0 Å². The van der Waals surface area contributed by atoms with Gasteiger partial charge in [-0.3, -0.25) is 0 Å². The average Bonchev–Trinajstić information content (AvgIpc) is 2.50. The number of benzene rings is 2. The molecule has 0 amide bonds. The van der Waals surface area contributed by atoms with Gasteiger partial charge in [0, 0.05) is 17.7 Å². The molecular weight excluding hydrogens is 305 g/mol. The SMILES string of the molecule is CCOc1cc(Cl)c(-c2cccc(C(N)CC)c2)cc1Cl. The fourth-order valence-corrected chi connectivity index (χ4v) is 2.67. The van der Waals surface area contributed by atoms with E-state index in [0.717, 1.165) is 23.1 Å². The van der Waals surface area contributed by atoms with Crippen molar-refractivity contribution in [2.45, 2.75) is 26.3 Å². The molecule has 2 aromatic rings. The van der Waals surface area contributed by atoms with Gasteiger partial charge in [-0.15, -0.1) is 0 Å². The second kappa shape index (κ2) is 7.17. The quantitative estimate of drug-likeness (QED) is 0.791. The van der Waals surface area contributed by atoms with E-state index in [9.17, 15) is 0 Å². The lowest BCUT2D eigenvalue weighted by atomic mass is 9.98. The Bertz CT molecular complexity index is 628. The molecule has 21 heavy (non-hydrogen) atoms. The first-order chi connectivity index (χ1) is 10.1. The minimum absolute atomic E-state index is 0.0295. The number of halogens is 2. The number of ether oxygens (including phenoxy) is 1. The largest absolute Gasteiger partial charge is 0.492 e. The first-order valence-corrected chi connectivity index (χ1v) is 7.80. The van der Waals surface area contributed by atoms with Crippen LogP contribution in [0.4, 0.5) is 0 Å². The molecule has 0 saturated heterocycles. The monoisotopic (exact) mass is 323 g/mol. The van der Waals surface area contributed by atoms with E-state index in [1.807, 2.05) is 31.2 Å². The van der Waals surface area contributed by atoms with Gasteiger partial charge in [0.15, 0.2) is 0 Å². The van der Waals surface area contributed by atoms with Crippen LogP contribution in [-0.4, -0.2) is 6.61 Å². The molecule has 0 bridgehead atoms. The molecule has 2 nitrogen and oxygen atoms in total. The van der Waals surface area contributed by atoms with Crippen molar-refractivity contribution in [2.24, 2.45) is 5.73 Å². The standard InChI is InChI=1S/C17H19Cl2NO/c1-3-16(20)12-7-5-6-11(8-12)13-9-15(19)17(21-4-2)10-14(13)18/h5-10,16H,3-4,20H2,1-2H3. The van der Waals surface area contributed by atoms with Crippen LogP contribution in [0.1, 0.15) is 31.9 Å². The molecular formula is C17H19Cl2NO. The van der Waals surface area contributed by atoms with Gasteiger partial charge < -0.3 is 10.5 Å². The minimum Gasteiger partial charge on any atom is -0.492 e. The Labute approximate surface area is 135 Å². The Morgan fingerprint density at radius 2 is 1.86 bits per heavy atom. The van der Waals surface area contributed by atoms with Crippen LogP contribution in [0.5, 0.6) is 5.75 Å². The maximum atomic E-state index is 6.37. The Kier molecular flexibility index (Phi) is 5.51. The third-order valence-corrected chi connectivity index (χ3v) is 4.00. The Morgan fingerprint density at radius 3 is 2.52 bits per heavy atom. The molecule has 1 unspecified atom stereocenters. The minimum atomic E-state index is 0.0295. The van der Waals surface area contributed by atoms with Crippen LogP contribution in [0.15, 0.2) is 36.4 Å². The van der Waals surface area contributed by atoms with Gasteiger partial charge in [0.25, 0.3) is 0 Å². The van der Waals surface area contributed by atoms with E-state index in [2.05, 4.69) is 13.0 Å². The summed E-state index contributed by atoms with van der Waals surface area (Å²) < 4.78 is 5.45. The van der Waals surface area contributed by atoms with E-state index in [1.54, 1.807) is 6.07 Å². The van der Waals surface area contributed by atoms with E-state index < -0.39 is 0 Å². The summed E-state index contributed by atoms with van der Waals surface area (Å²) in [6.07, 6.45) is 0.890. The molecule has 0 aliphatic carbocycles. The summed E-state index contributed by atoms with van der Waals surface area (Å²) in [5.74, 6) is 0.606. The summed E-state index contributed by atoms with van der Waals surface area (Å²) in [6.45, 7) is 4.53. The normalized spacial score (nSPS) is 12.2. The van der Waals surface area contributed by atoms with E-state index in [0.29, 0.717) is 22.4 Å². The molecule has 2 aromatic carbocycles. The fourth-order valence-electron chi connectivity index (χ4n) is 2.19. The van der Waals surface area contributed by atoms with Gasteiger partial charge in [0.1, 0.15) is 5.75 Å². The van der Waals surface area contributed by atoms with Gasteiger partial charge in [0.2, 0.25) is 0 Å². The highest BCUT2D eigenvalue weighted by Crippen LogP contribution is 2.37. The van der Waals surface area contributed by atoms with Gasteiger partial charge in [0.05, 0.1) is 16.7 Å². The second-order valence-electron chi connectivity index (χ2n) is 4.84. The first-order valence-electron chi connectivity index (χ1n) is 7.04. The summed E-state index contributed by atoms with van der Waals surface area (Å²) in [4.78, 5) is 0. The predicted octanol–water partition coefficient (Wildman–Crippen LogP) is 5.47. The van der Waals surface area contributed by atoms with Crippen LogP contribution in [0.3, 0.4) is 0 Å². The van der Waals surface area contributed by atoms with Crippen LogP contribution in [0.2, 0.25) is 10.0 Å². The molecule has 2 rings (SSSR count). The van der Waals surface area contributed by atoms with Gasteiger partial charge in [-0.25, -0.2) is 0 Å². The summed E-state index contributed by atoms with van der Waals surface area (Å²) in [6, 6.07) is 11.7. The molecule has 112 valence electrons. The Morgan fingerprint density at radius 1 is 1.10 bits per heavy atom. The topological polar surface area (TPSA) is 35.2 Å². The lowest BCUT2D eigenvalue weighted by molar-refractivity contribution is 0.340. The highest BCUT2D eigenvalue weighted by atomic mass is 35.5. The summed E-state index contributed by atoms with van der Waals surface area (Å²) in [5.41, 5.74) is 9.08. The van der Waals surface area contributed by atoms with E-state index >= 15 is 0 Å². The average molecular weight is 324 g/mol. The second-order valence-corrected chi connectivity index (χ2v) is 5.65. The molecule has 0 saturated carbocycles. The molecule has 1 atom stereocenters. The van der Waals surface area contributed by atoms with Gasteiger partial charge in [-0.05, 0) is 36.6 Å². The third-order valence-electron chi connectivity index (χ3n) is 3.39. The van der Waals surface area contributed by atoms with Crippen molar-refractivity contribution in [1.29, 1.82) is 0 Å².